The lowest BCUT2D eigenvalue weighted by Gasteiger charge is -2.35. The molecule has 5 rings (SSSR count). The third-order valence-electron chi connectivity index (χ3n) is 10.1. The van der Waals surface area contributed by atoms with Gasteiger partial charge in [-0.15, -0.1) is 11.3 Å². The fourth-order valence-corrected chi connectivity index (χ4v) is 9.11. The maximum atomic E-state index is 14.2. The van der Waals surface area contributed by atoms with Gasteiger partial charge in [-0.05, 0) is 93.1 Å². The van der Waals surface area contributed by atoms with Gasteiger partial charge in [0, 0.05) is 30.1 Å². The lowest BCUT2D eigenvalue weighted by atomic mass is 9.87. The predicted molar refractivity (Wildman–Crippen MR) is 160 cm³/mol. The molecule has 4 atom stereocenters. The van der Waals surface area contributed by atoms with E-state index in [0.29, 0.717) is 11.8 Å². The first-order valence-electron chi connectivity index (χ1n) is 15.7. The first-order chi connectivity index (χ1) is 19.3. The van der Waals surface area contributed by atoms with Gasteiger partial charge in [-0.1, -0.05) is 58.1 Å². The van der Waals surface area contributed by atoms with Crippen molar-refractivity contribution in [3.8, 4) is 0 Å². The summed E-state index contributed by atoms with van der Waals surface area (Å²) in [6.45, 7) is 7.12. The molecule has 40 heavy (non-hydrogen) atoms. The average Bonchev–Trinajstić information content (AvgIpc) is 3.57. The van der Waals surface area contributed by atoms with E-state index in [0.717, 1.165) is 44.0 Å². The van der Waals surface area contributed by atoms with Crippen LogP contribution in [0.4, 0.5) is 4.39 Å². The molecule has 2 heterocycles. The van der Waals surface area contributed by atoms with E-state index in [1.54, 1.807) is 6.07 Å². The molecule has 1 aromatic heterocycles. The summed E-state index contributed by atoms with van der Waals surface area (Å²) in [6, 6.07) is 6.75. The van der Waals surface area contributed by atoms with Gasteiger partial charge >= 0.3 is 5.97 Å². The Morgan fingerprint density at radius 2 is 1.90 bits per heavy atom. The molecule has 220 valence electrons. The second kappa shape index (κ2) is 13.4. The van der Waals surface area contributed by atoms with Crippen molar-refractivity contribution in [2.45, 2.75) is 102 Å². The summed E-state index contributed by atoms with van der Waals surface area (Å²) in [5.74, 6) is 1.16. The van der Waals surface area contributed by atoms with Gasteiger partial charge in [-0.3, -0.25) is 9.69 Å². The van der Waals surface area contributed by atoms with Crippen molar-refractivity contribution in [3.05, 3.63) is 51.7 Å². The van der Waals surface area contributed by atoms with Crippen LogP contribution in [-0.4, -0.2) is 64.6 Å². The van der Waals surface area contributed by atoms with E-state index in [1.165, 1.54) is 67.3 Å². The van der Waals surface area contributed by atoms with Gasteiger partial charge in [-0.2, -0.15) is 0 Å². The number of hydrogen-bond donors (Lipinski definition) is 1. The molecule has 3 fully saturated rings. The number of carboxylic acids is 1. The summed E-state index contributed by atoms with van der Waals surface area (Å²) in [7, 11) is 1.97. The number of likely N-dealkylation sites (tertiary alicyclic amines) is 1. The Morgan fingerprint density at radius 3 is 2.58 bits per heavy atom. The number of benzene rings is 1. The lowest BCUT2D eigenvalue weighted by molar-refractivity contribution is -0.145. The summed E-state index contributed by atoms with van der Waals surface area (Å²) in [5, 5.41) is 11.3. The van der Waals surface area contributed by atoms with Gasteiger partial charge in [0.15, 0.2) is 0 Å². The van der Waals surface area contributed by atoms with Gasteiger partial charge in [0.05, 0.1) is 5.01 Å². The average molecular weight is 570 g/mol. The van der Waals surface area contributed by atoms with Crippen LogP contribution in [0.15, 0.2) is 30.5 Å². The topological polar surface area (TPSA) is 56.7 Å². The SMILES string of the molecule is CC(C)[C@H](C(=O)O)N(C)C1CC(CN2CCC(c3cnc(CC4CCCCC4)s3)CC2)C(c2cccc(F)c2)C1. The largest absolute Gasteiger partial charge is 0.480 e. The van der Waals surface area contributed by atoms with Crippen LogP contribution in [0.25, 0.3) is 0 Å². The van der Waals surface area contributed by atoms with Crippen molar-refractivity contribution in [1.29, 1.82) is 0 Å². The van der Waals surface area contributed by atoms with Crippen LogP contribution in [0.5, 0.6) is 0 Å². The smallest absolute Gasteiger partial charge is 0.321 e. The van der Waals surface area contributed by atoms with Gasteiger partial charge in [0.1, 0.15) is 11.9 Å². The maximum absolute atomic E-state index is 14.2. The van der Waals surface area contributed by atoms with Crippen molar-refractivity contribution >= 4 is 17.3 Å². The maximum Gasteiger partial charge on any atom is 0.321 e. The van der Waals surface area contributed by atoms with Crippen molar-refractivity contribution in [2.24, 2.45) is 17.8 Å². The van der Waals surface area contributed by atoms with E-state index in [4.69, 9.17) is 4.98 Å². The van der Waals surface area contributed by atoms with E-state index in [2.05, 4.69) is 22.1 Å². The van der Waals surface area contributed by atoms with Crippen molar-refractivity contribution < 1.29 is 14.3 Å². The molecule has 0 amide bonds. The minimum atomic E-state index is -0.754. The van der Waals surface area contributed by atoms with E-state index >= 15 is 0 Å². The van der Waals surface area contributed by atoms with Crippen LogP contribution >= 0.6 is 11.3 Å². The number of nitrogens with zero attached hydrogens (tertiary/aromatic N) is 3. The van der Waals surface area contributed by atoms with Crippen LogP contribution in [0.2, 0.25) is 0 Å². The number of carboxylic acid groups (broad SMARTS) is 1. The molecule has 2 saturated carbocycles. The summed E-state index contributed by atoms with van der Waals surface area (Å²) in [4.78, 5) is 23.1. The molecule has 5 nitrogen and oxygen atoms in total. The molecule has 7 heteroatoms. The number of rotatable bonds is 10. The Hall–Kier alpha value is -1.83. The predicted octanol–water partition coefficient (Wildman–Crippen LogP) is 7.19. The highest BCUT2D eigenvalue weighted by atomic mass is 32.1. The number of piperidine rings is 1. The molecule has 1 aliphatic heterocycles. The van der Waals surface area contributed by atoms with Crippen LogP contribution in [0, 0.1) is 23.6 Å². The summed E-state index contributed by atoms with van der Waals surface area (Å²) in [5.41, 5.74) is 1.06. The van der Waals surface area contributed by atoms with E-state index in [-0.39, 0.29) is 23.7 Å². The number of carbonyl (C=O) groups is 1. The Labute approximate surface area is 244 Å². The first-order valence-corrected chi connectivity index (χ1v) is 16.5. The minimum Gasteiger partial charge on any atom is -0.480 e. The number of hydrogen-bond acceptors (Lipinski definition) is 5. The number of aliphatic carboxylic acids is 1. The molecule has 2 aromatic rings. The van der Waals surface area contributed by atoms with Gasteiger partial charge in [0.25, 0.3) is 0 Å². The standard InChI is InChI=1S/C33H48FN3O2S/c1-22(2)32(33(38)39)36(3)28-18-26(29(19-28)25-10-7-11-27(34)17-25)21-37-14-12-24(13-15-37)30-20-35-31(40-30)16-23-8-5-4-6-9-23/h7,10-11,17,20,22-24,26,28-29,32H,4-6,8-9,12-16,18-19,21H2,1-3H3,(H,38,39)/t26?,28?,29?,32-/m1/s1. The highest BCUT2D eigenvalue weighted by molar-refractivity contribution is 7.11. The normalized spacial score (nSPS) is 26.1. The highest BCUT2D eigenvalue weighted by Gasteiger charge is 2.41. The molecule has 2 aliphatic carbocycles. The van der Waals surface area contributed by atoms with Crippen LogP contribution in [0.3, 0.4) is 0 Å². The third kappa shape index (κ3) is 7.14. The zero-order chi connectivity index (χ0) is 28.2. The summed E-state index contributed by atoms with van der Waals surface area (Å²) < 4.78 is 14.2. The van der Waals surface area contributed by atoms with Crippen molar-refractivity contribution in [2.75, 3.05) is 26.7 Å². The number of halogens is 1. The summed E-state index contributed by atoms with van der Waals surface area (Å²) in [6.07, 6.45) is 14.4. The molecular formula is C33H48FN3O2S. The first kappa shape index (κ1) is 29.7. The van der Waals surface area contributed by atoms with Crippen molar-refractivity contribution in [1.82, 2.24) is 14.8 Å². The monoisotopic (exact) mass is 569 g/mol. The molecule has 1 aromatic carbocycles. The fourth-order valence-electron chi connectivity index (χ4n) is 7.91. The molecule has 0 radical (unpaired) electrons. The fraction of sp³-hybridized carbons (Fsp3) is 0.697. The highest BCUT2D eigenvalue weighted by Crippen LogP contribution is 2.44. The van der Waals surface area contributed by atoms with E-state index in [1.807, 2.05) is 38.3 Å². The van der Waals surface area contributed by atoms with Gasteiger partial charge < -0.3 is 10.0 Å². The third-order valence-corrected chi connectivity index (χ3v) is 11.3. The number of likely N-dealkylation sites (N-methyl/N-ethyl adjacent to an activating group) is 1. The molecule has 3 aliphatic rings. The molecule has 1 saturated heterocycles. The van der Waals surface area contributed by atoms with E-state index in [9.17, 15) is 14.3 Å². The molecule has 0 bridgehead atoms. The molecular weight excluding hydrogens is 521 g/mol. The minimum absolute atomic E-state index is 0.0307. The lowest BCUT2D eigenvalue weighted by Crippen LogP contribution is -2.47. The molecule has 0 spiro atoms. The van der Waals surface area contributed by atoms with Crippen LogP contribution < -0.4 is 0 Å². The van der Waals surface area contributed by atoms with Crippen LogP contribution in [-0.2, 0) is 11.2 Å². The van der Waals surface area contributed by atoms with Crippen LogP contribution in [0.1, 0.15) is 98.9 Å². The zero-order valence-electron chi connectivity index (χ0n) is 24.6. The Bertz CT molecular complexity index is 1110. The second-order valence-corrected chi connectivity index (χ2v) is 14.3. The van der Waals surface area contributed by atoms with E-state index < -0.39 is 12.0 Å². The summed E-state index contributed by atoms with van der Waals surface area (Å²) >= 11 is 1.96. The van der Waals surface area contributed by atoms with Gasteiger partial charge in [0.2, 0.25) is 0 Å². The zero-order valence-corrected chi connectivity index (χ0v) is 25.4. The Kier molecular flexibility index (Phi) is 9.96. The number of thiazole rings is 1. The molecule has 3 unspecified atom stereocenters. The Balaban J connectivity index is 1.21. The quantitative estimate of drug-likeness (QED) is 0.328. The second-order valence-electron chi connectivity index (χ2n) is 13.2. The Morgan fingerprint density at radius 1 is 1.15 bits per heavy atom. The van der Waals surface area contributed by atoms with Gasteiger partial charge in [-0.25, -0.2) is 9.37 Å². The number of aromatic nitrogens is 1. The molecule has 1 N–H and O–H groups in total. The van der Waals surface area contributed by atoms with Crippen molar-refractivity contribution in [3.63, 3.8) is 0 Å².